The Kier molecular flexibility index (Phi) is 4.62. The summed E-state index contributed by atoms with van der Waals surface area (Å²) in [6.07, 6.45) is -5.33. The molecule has 3 rings (SSSR count). The third-order valence-corrected chi connectivity index (χ3v) is 3.60. The number of imidazole rings is 1. The van der Waals surface area contributed by atoms with Gasteiger partial charge >= 0.3 is 12.9 Å². The fourth-order valence-electron chi connectivity index (χ4n) is 2.55. The topological polar surface area (TPSA) is 44.1 Å². The molecule has 9 heteroatoms. The van der Waals surface area contributed by atoms with Crippen molar-refractivity contribution in [2.24, 2.45) is 0 Å². The molecule has 1 aromatic heterocycles. The van der Waals surface area contributed by atoms with Crippen LogP contribution in [0.5, 0.6) is 5.75 Å². The first-order valence-corrected chi connectivity index (χ1v) is 7.37. The Morgan fingerprint density at radius 3 is 2.35 bits per heavy atom. The molecule has 2 aromatic carbocycles. The molecule has 0 spiro atoms. The second kappa shape index (κ2) is 6.74. The Bertz CT molecular complexity index is 932. The number of para-hydroxylation sites is 2. The highest BCUT2D eigenvalue weighted by atomic mass is 19.4. The number of ketones is 1. The van der Waals surface area contributed by atoms with Gasteiger partial charge in [-0.3, -0.25) is 4.79 Å². The number of aromatic nitrogens is 2. The minimum absolute atomic E-state index is 0.0624. The van der Waals surface area contributed by atoms with Crippen molar-refractivity contribution in [3.05, 3.63) is 59.9 Å². The number of hydrogen-bond donors (Lipinski definition) is 0. The summed E-state index contributed by atoms with van der Waals surface area (Å²) in [5.41, 5.74) is 0.0317. The van der Waals surface area contributed by atoms with Crippen LogP contribution in [0.3, 0.4) is 0 Å². The molecule has 0 aliphatic rings. The molecule has 0 bridgehead atoms. The van der Waals surface area contributed by atoms with Gasteiger partial charge in [-0.15, -0.1) is 13.2 Å². The van der Waals surface area contributed by atoms with Crippen molar-refractivity contribution in [3.8, 4) is 5.75 Å². The Balaban J connectivity index is 1.90. The summed E-state index contributed by atoms with van der Waals surface area (Å²) in [5.74, 6) is -1.23. The largest absolute Gasteiger partial charge is 0.490 e. The number of hydrogen-bond acceptors (Lipinski definition) is 3. The van der Waals surface area contributed by atoms with Crippen molar-refractivity contribution in [1.82, 2.24) is 9.55 Å². The van der Waals surface area contributed by atoms with Crippen LogP contribution in [0.25, 0.3) is 11.0 Å². The fourth-order valence-corrected chi connectivity index (χ4v) is 2.55. The van der Waals surface area contributed by atoms with E-state index in [1.165, 1.54) is 30.3 Å². The van der Waals surface area contributed by atoms with Gasteiger partial charge in [0, 0.05) is 5.56 Å². The van der Waals surface area contributed by atoms with Crippen molar-refractivity contribution >= 4 is 16.8 Å². The van der Waals surface area contributed by atoms with Crippen LogP contribution in [-0.4, -0.2) is 21.9 Å². The maximum atomic E-state index is 13.4. The van der Waals surface area contributed by atoms with E-state index < -0.39 is 30.9 Å². The highest BCUT2D eigenvalue weighted by Crippen LogP contribution is 2.30. The third-order valence-electron chi connectivity index (χ3n) is 3.60. The lowest BCUT2D eigenvalue weighted by molar-refractivity contribution is -0.202. The van der Waals surface area contributed by atoms with Gasteiger partial charge in [0.1, 0.15) is 11.6 Å². The lowest BCUT2D eigenvalue weighted by Crippen LogP contribution is -2.21. The molecule has 136 valence electrons. The summed E-state index contributed by atoms with van der Waals surface area (Å²) in [7, 11) is 0. The van der Waals surface area contributed by atoms with Crippen molar-refractivity contribution in [2.45, 2.75) is 19.3 Å². The molecule has 0 amide bonds. The number of carbonyl (C=O) groups excluding carboxylic acids is 1. The zero-order chi connectivity index (χ0) is 18.9. The van der Waals surface area contributed by atoms with Gasteiger partial charge in [-0.05, 0) is 36.4 Å². The van der Waals surface area contributed by atoms with E-state index in [9.17, 15) is 26.7 Å². The minimum Gasteiger partial charge on any atom is -0.435 e. The first kappa shape index (κ1) is 17.8. The first-order chi connectivity index (χ1) is 12.3. The Morgan fingerprint density at radius 1 is 1.08 bits per heavy atom. The van der Waals surface area contributed by atoms with Crippen LogP contribution >= 0.6 is 0 Å². The average Bonchev–Trinajstić information content (AvgIpc) is 2.92. The van der Waals surface area contributed by atoms with Gasteiger partial charge in [0.15, 0.2) is 5.78 Å². The fraction of sp³-hybridized carbons (Fsp3) is 0.176. The first-order valence-electron chi connectivity index (χ1n) is 7.37. The van der Waals surface area contributed by atoms with Crippen molar-refractivity contribution in [2.75, 3.05) is 0 Å². The van der Waals surface area contributed by atoms with Gasteiger partial charge in [0.25, 0.3) is 0 Å². The van der Waals surface area contributed by atoms with E-state index in [1.807, 2.05) is 0 Å². The van der Waals surface area contributed by atoms with E-state index in [2.05, 4.69) is 9.72 Å². The number of fused-ring (bicyclic) bond motifs is 1. The zero-order valence-corrected chi connectivity index (χ0v) is 13.0. The predicted molar refractivity (Wildman–Crippen MR) is 82.1 cm³/mol. The van der Waals surface area contributed by atoms with E-state index in [4.69, 9.17) is 0 Å². The highest BCUT2D eigenvalue weighted by molar-refractivity contribution is 5.97. The Morgan fingerprint density at radius 2 is 1.73 bits per heavy atom. The van der Waals surface area contributed by atoms with Crippen LogP contribution in [-0.2, 0) is 12.7 Å². The Hall–Kier alpha value is -2.97. The second-order valence-electron chi connectivity index (χ2n) is 5.32. The van der Waals surface area contributed by atoms with E-state index in [-0.39, 0.29) is 26.9 Å². The monoisotopic (exact) mass is 370 g/mol. The molecule has 1 heterocycles. The maximum absolute atomic E-state index is 13.4. The lowest BCUT2D eigenvalue weighted by atomic mass is 10.1. The number of benzene rings is 2. The molecule has 0 saturated carbocycles. The molecule has 0 N–H and O–H groups in total. The molecular formula is C17H11F5N2O2. The summed E-state index contributed by atoms with van der Waals surface area (Å²) in [4.78, 5) is 16.2. The quantitative estimate of drug-likeness (QED) is 0.489. The number of ether oxygens (including phenoxy) is 1. The zero-order valence-electron chi connectivity index (χ0n) is 13.0. The maximum Gasteiger partial charge on any atom is 0.490 e. The number of alkyl halides is 5. The molecule has 4 nitrogen and oxygen atoms in total. The van der Waals surface area contributed by atoms with Gasteiger partial charge in [-0.1, -0.05) is 12.1 Å². The average molecular weight is 370 g/mol. The van der Waals surface area contributed by atoms with Gasteiger partial charge < -0.3 is 4.74 Å². The van der Waals surface area contributed by atoms with Crippen LogP contribution in [0.4, 0.5) is 22.0 Å². The molecular weight excluding hydrogens is 359 g/mol. The van der Waals surface area contributed by atoms with Crippen molar-refractivity contribution < 1.29 is 31.5 Å². The molecule has 0 fully saturated rings. The Labute approximate surface area is 143 Å². The SMILES string of the molecule is O=C(Cc1nc2ccccc2n1C(F)(F)F)c1ccc(OC(F)F)cc1. The van der Waals surface area contributed by atoms with Gasteiger partial charge in [-0.2, -0.15) is 8.78 Å². The van der Waals surface area contributed by atoms with Crippen LogP contribution < -0.4 is 4.74 Å². The summed E-state index contributed by atoms with van der Waals surface area (Å²) in [6.45, 7) is -3.01. The van der Waals surface area contributed by atoms with Crippen LogP contribution in [0.15, 0.2) is 48.5 Å². The number of halogens is 5. The number of Topliss-reactive ketones (excluding diaryl/α,β-unsaturated/α-hetero) is 1. The smallest absolute Gasteiger partial charge is 0.435 e. The van der Waals surface area contributed by atoms with E-state index in [0.29, 0.717) is 0 Å². The molecule has 0 saturated heterocycles. The summed E-state index contributed by atoms with van der Waals surface area (Å²) < 4.78 is 68.5. The van der Waals surface area contributed by atoms with E-state index >= 15 is 0 Å². The lowest BCUT2D eigenvalue weighted by Gasteiger charge is -2.12. The second-order valence-corrected chi connectivity index (χ2v) is 5.32. The summed E-state index contributed by atoms with van der Waals surface area (Å²) in [5, 5.41) is 0. The summed E-state index contributed by atoms with van der Waals surface area (Å²) >= 11 is 0. The molecule has 0 atom stereocenters. The molecule has 26 heavy (non-hydrogen) atoms. The normalized spacial score (nSPS) is 11.9. The van der Waals surface area contributed by atoms with Gasteiger partial charge in [0.05, 0.1) is 17.5 Å². The molecule has 0 unspecified atom stereocenters. The standard InChI is InChI=1S/C17H11F5N2O2/c18-16(19)26-11-7-5-10(6-8-11)14(25)9-15-23-12-3-1-2-4-13(12)24(15)17(20,21)22/h1-8,16H,9H2. The number of carbonyl (C=O) groups is 1. The van der Waals surface area contributed by atoms with Crippen LogP contribution in [0.1, 0.15) is 16.2 Å². The van der Waals surface area contributed by atoms with Gasteiger partial charge in [-0.25, -0.2) is 9.55 Å². The van der Waals surface area contributed by atoms with Crippen LogP contribution in [0.2, 0.25) is 0 Å². The van der Waals surface area contributed by atoms with E-state index in [0.717, 1.165) is 12.1 Å². The molecule has 0 aliphatic carbocycles. The van der Waals surface area contributed by atoms with Crippen molar-refractivity contribution in [1.29, 1.82) is 0 Å². The molecule has 0 aliphatic heterocycles. The number of rotatable bonds is 5. The summed E-state index contributed by atoms with van der Waals surface area (Å²) in [6, 6.07) is 10.4. The molecule has 0 radical (unpaired) electrons. The van der Waals surface area contributed by atoms with Crippen molar-refractivity contribution in [3.63, 3.8) is 0 Å². The molecule has 3 aromatic rings. The van der Waals surface area contributed by atoms with E-state index in [1.54, 1.807) is 6.07 Å². The number of nitrogens with zero attached hydrogens (tertiary/aromatic N) is 2. The predicted octanol–water partition coefficient (Wildman–Crippen LogP) is 4.54. The van der Waals surface area contributed by atoms with Crippen LogP contribution in [0, 0.1) is 0 Å². The minimum atomic E-state index is -4.74. The van der Waals surface area contributed by atoms with Gasteiger partial charge in [0.2, 0.25) is 0 Å². The third kappa shape index (κ3) is 3.66. The highest BCUT2D eigenvalue weighted by Gasteiger charge is 2.35.